The van der Waals surface area contributed by atoms with Crippen LogP contribution in [-0.4, -0.2) is 45.0 Å². The van der Waals surface area contributed by atoms with E-state index < -0.39 is 0 Å². The molecule has 2 aromatic rings. The maximum absolute atomic E-state index is 11.8. The summed E-state index contributed by atoms with van der Waals surface area (Å²) >= 11 is 1.66. The van der Waals surface area contributed by atoms with Crippen molar-refractivity contribution in [1.29, 1.82) is 0 Å². The zero-order valence-corrected chi connectivity index (χ0v) is 15.0. The fourth-order valence-electron chi connectivity index (χ4n) is 2.43. The van der Waals surface area contributed by atoms with E-state index in [2.05, 4.69) is 26.8 Å². The number of carbonyl (C=O) groups is 1. The molecule has 1 aromatic heterocycles. The van der Waals surface area contributed by atoms with Gasteiger partial charge in [-0.25, -0.2) is 5.43 Å². The van der Waals surface area contributed by atoms with Crippen LogP contribution in [0.3, 0.4) is 0 Å². The van der Waals surface area contributed by atoms with Crippen LogP contribution in [0, 0.1) is 6.92 Å². The van der Waals surface area contributed by atoms with Crippen LogP contribution in [0.5, 0.6) is 0 Å². The molecule has 1 aliphatic rings. The number of nitrogens with one attached hydrogen (secondary N) is 2. The number of thiophene rings is 1. The Hall–Kier alpha value is -2.38. The maximum Gasteiger partial charge on any atom is 0.259 e. The van der Waals surface area contributed by atoms with Crippen LogP contribution in [-0.2, 0) is 9.53 Å². The molecule has 1 amide bonds. The molecule has 1 fully saturated rings. The average molecular weight is 358 g/mol. The van der Waals surface area contributed by atoms with Gasteiger partial charge in [-0.15, -0.1) is 11.3 Å². The Kier molecular flexibility index (Phi) is 6.03. The van der Waals surface area contributed by atoms with Crippen molar-refractivity contribution in [2.24, 2.45) is 5.10 Å². The lowest BCUT2D eigenvalue weighted by atomic mass is 10.2. The van der Waals surface area contributed by atoms with E-state index >= 15 is 0 Å². The average Bonchev–Trinajstić information content (AvgIpc) is 3.11. The second-order valence-electron chi connectivity index (χ2n) is 5.79. The van der Waals surface area contributed by atoms with Gasteiger partial charge in [0.2, 0.25) is 0 Å². The number of anilines is 2. The van der Waals surface area contributed by atoms with Crippen molar-refractivity contribution >= 4 is 34.1 Å². The van der Waals surface area contributed by atoms with Crippen molar-refractivity contribution in [3.63, 3.8) is 0 Å². The Bertz CT molecular complexity index is 721. The lowest BCUT2D eigenvalue weighted by molar-refractivity contribution is -0.119. The van der Waals surface area contributed by atoms with Crippen molar-refractivity contribution in [3.05, 3.63) is 46.8 Å². The van der Waals surface area contributed by atoms with Crippen molar-refractivity contribution in [1.82, 2.24) is 5.43 Å². The quantitative estimate of drug-likeness (QED) is 0.615. The number of aryl methyl sites for hydroxylation is 1. The summed E-state index contributed by atoms with van der Waals surface area (Å²) in [6, 6.07) is 12.0. The number of carbonyl (C=O) groups excluding carboxylic acids is 1. The standard InChI is InChI=1S/C18H22N4O2S/c1-14-2-4-15(5-3-14)19-13-17(23)21-20-12-16-6-7-18(25-16)22-8-10-24-11-9-22/h2-7,12,19H,8-11,13H2,1H3,(H,21,23)/b20-12+. The van der Waals surface area contributed by atoms with E-state index in [0.29, 0.717) is 0 Å². The van der Waals surface area contributed by atoms with E-state index in [1.54, 1.807) is 17.6 Å². The zero-order chi connectivity index (χ0) is 17.5. The second kappa shape index (κ2) is 8.64. The summed E-state index contributed by atoms with van der Waals surface area (Å²) in [6.07, 6.45) is 1.68. The van der Waals surface area contributed by atoms with E-state index in [0.717, 1.165) is 36.9 Å². The SMILES string of the molecule is Cc1ccc(NCC(=O)N/N=C/c2ccc(N3CCOCC3)s2)cc1. The summed E-state index contributed by atoms with van der Waals surface area (Å²) in [5.41, 5.74) is 4.64. The highest BCUT2D eigenvalue weighted by Crippen LogP contribution is 2.25. The van der Waals surface area contributed by atoms with Gasteiger partial charge in [-0.1, -0.05) is 17.7 Å². The lowest BCUT2D eigenvalue weighted by Gasteiger charge is -2.27. The number of benzene rings is 1. The first-order chi connectivity index (χ1) is 12.2. The van der Waals surface area contributed by atoms with Crippen molar-refractivity contribution < 1.29 is 9.53 Å². The molecular weight excluding hydrogens is 336 g/mol. The van der Waals surface area contributed by atoms with E-state index in [4.69, 9.17) is 4.74 Å². The summed E-state index contributed by atoms with van der Waals surface area (Å²) in [5.74, 6) is -0.179. The molecule has 1 aliphatic heterocycles. The van der Waals surface area contributed by atoms with Gasteiger partial charge in [0.25, 0.3) is 5.91 Å². The predicted octanol–water partition coefficient (Wildman–Crippen LogP) is 2.46. The van der Waals surface area contributed by atoms with Crippen LogP contribution < -0.4 is 15.6 Å². The number of rotatable bonds is 6. The number of hydrogen-bond acceptors (Lipinski definition) is 6. The Morgan fingerprint density at radius 3 is 2.76 bits per heavy atom. The first-order valence-electron chi connectivity index (χ1n) is 8.26. The summed E-state index contributed by atoms with van der Waals surface area (Å²) in [5, 5.41) is 8.30. The molecule has 0 radical (unpaired) electrons. The highest BCUT2D eigenvalue weighted by molar-refractivity contribution is 7.17. The summed E-state index contributed by atoms with van der Waals surface area (Å²) < 4.78 is 5.36. The third-order valence-electron chi connectivity index (χ3n) is 3.82. The first-order valence-corrected chi connectivity index (χ1v) is 9.07. The van der Waals surface area contributed by atoms with Gasteiger partial charge in [0.1, 0.15) is 0 Å². The number of amides is 1. The summed E-state index contributed by atoms with van der Waals surface area (Å²) in [6.45, 7) is 5.58. The molecule has 1 aromatic carbocycles. The molecule has 132 valence electrons. The monoisotopic (exact) mass is 358 g/mol. The molecule has 0 saturated carbocycles. The van der Waals surface area contributed by atoms with Crippen molar-refractivity contribution in [2.75, 3.05) is 43.1 Å². The minimum atomic E-state index is -0.179. The number of ether oxygens (including phenoxy) is 1. The molecule has 0 atom stereocenters. The third-order valence-corrected chi connectivity index (χ3v) is 4.90. The molecule has 7 heteroatoms. The van der Waals surface area contributed by atoms with Crippen LogP contribution >= 0.6 is 11.3 Å². The molecule has 2 heterocycles. The Labute approximate surface area is 151 Å². The van der Waals surface area contributed by atoms with E-state index in [-0.39, 0.29) is 12.5 Å². The van der Waals surface area contributed by atoms with Gasteiger partial charge in [0.05, 0.1) is 31.0 Å². The van der Waals surface area contributed by atoms with Gasteiger partial charge in [-0.3, -0.25) is 4.79 Å². The Morgan fingerprint density at radius 2 is 2.00 bits per heavy atom. The van der Waals surface area contributed by atoms with E-state index in [9.17, 15) is 4.79 Å². The molecule has 1 saturated heterocycles. The second-order valence-corrected chi connectivity index (χ2v) is 6.88. The third kappa shape index (κ3) is 5.30. The normalized spacial score (nSPS) is 14.7. The molecule has 25 heavy (non-hydrogen) atoms. The summed E-state index contributed by atoms with van der Waals surface area (Å²) in [7, 11) is 0. The number of morpholine rings is 1. The van der Waals surface area contributed by atoms with Gasteiger partial charge in [-0.05, 0) is 31.2 Å². The molecule has 3 rings (SSSR count). The number of nitrogens with zero attached hydrogens (tertiary/aromatic N) is 2. The Balaban J connectivity index is 1.43. The van der Waals surface area contributed by atoms with Crippen LogP contribution in [0.2, 0.25) is 0 Å². The molecular formula is C18H22N4O2S. The molecule has 0 spiro atoms. The zero-order valence-electron chi connectivity index (χ0n) is 14.2. The predicted molar refractivity (Wildman–Crippen MR) is 103 cm³/mol. The molecule has 6 nitrogen and oxygen atoms in total. The van der Waals surface area contributed by atoms with Crippen LogP contribution in [0.4, 0.5) is 10.7 Å². The van der Waals surface area contributed by atoms with Crippen molar-refractivity contribution in [2.45, 2.75) is 6.92 Å². The topological polar surface area (TPSA) is 66.0 Å². The molecule has 0 unspecified atom stereocenters. The minimum absolute atomic E-state index is 0.179. The van der Waals surface area contributed by atoms with Gasteiger partial charge in [0, 0.05) is 23.7 Å². The fraction of sp³-hybridized carbons (Fsp3) is 0.333. The van der Waals surface area contributed by atoms with Gasteiger partial charge in [-0.2, -0.15) is 5.10 Å². The summed E-state index contributed by atoms with van der Waals surface area (Å²) in [4.78, 5) is 15.1. The van der Waals surface area contributed by atoms with E-state index in [1.807, 2.05) is 37.3 Å². The van der Waals surface area contributed by atoms with Crippen LogP contribution in [0.25, 0.3) is 0 Å². The molecule has 0 bridgehead atoms. The lowest BCUT2D eigenvalue weighted by Crippen LogP contribution is -2.35. The highest BCUT2D eigenvalue weighted by Gasteiger charge is 2.12. The largest absolute Gasteiger partial charge is 0.378 e. The minimum Gasteiger partial charge on any atom is -0.378 e. The number of hydrazone groups is 1. The Morgan fingerprint density at radius 1 is 1.24 bits per heavy atom. The van der Waals surface area contributed by atoms with E-state index in [1.165, 1.54) is 10.6 Å². The highest BCUT2D eigenvalue weighted by atomic mass is 32.1. The van der Waals surface area contributed by atoms with Crippen LogP contribution in [0.1, 0.15) is 10.4 Å². The first kappa shape index (κ1) is 17.4. The molecule has 2 N–H and O–H groups in total. The van der Waals surface area contributed by atoms with Gasteiger partial charge >= 0.3 is 0 Å². The van der Waals surface area contributed by atoms with Crippen molar-refractivity contribution in [3.8, 4) is 0 Å². The van der Waals surface area contributed by atoms with Crippen LogP contribution in [0.15, 0.2) is 41.5 Å². The maximum atomic E-state index is 11.8. The molecule has 0 aliphatic carbocycles. The van der Waals surface area contributed by atoms with Gasteiger partial charge < -0.3 is 15.0 Å². The van der Waals surface area contributed by atoms with Gasteiger partial charge in [0.15, 0.2) is 0 Å². The smallest absolute Gasteiger partial charge is 0.259 e. The number of hydrogen-bond donors (Lipinski definition) is 2. The fourth-order valence-corrected chi connectivity index (χ4v) is 3.36.